The van der Waals surface area contributed by atoms with Gasteiger partial charge in [-0.05, 0) is 12.8 Å². The zero-order chi connectivity index (χ0) is 12.2. The molecule has 0 spiro atoms. The maximum absolute atomic E-state index is 10.5. The molecule has 1 rings (SSSR count). The van der Waals surface area contributed by atoms with Crippen molar-refractivity contribution in [1.29, 1.82) is 0 Å². The Bertz CT molecular complexity index is 130. The van der Waals surface area contributed by atoms with Crippen LogP contribution in [0.15, 0.2) is 0 Å². The second kappa shape index (κ2) is 11.7. The van der Waals surface area contributed by atoms with E-state index in [1.165, 1.54) is 12.8 Å². The minimum absolute atomic E-state index is 0.476. The third-order valence-electron chi connectivity index (χ3n) is 2.27. The molecule has 0 aromatic rings. The van der Waals surface area contributed by atoms with Crippen LogP contribution in [-0.2, 0) is 9.53 Å². The fraction of sp³-hybridized carbons (Fsp3) is 0.917. The van der Waals surface area contributed by atoms with E-state index in [0.29, 0.717) is 0 Å². The predicted molar refractivity (Wildman–Crippen MR) is 65.0 cm³/mol. The molecule has 15 heavy (non-hydrogen) atoms. The van der Waals surface area contributed by atoms with Crippen LogP contribution in [-0.4, -0.2) is 26.0 Å². The van der Waals surface area contributed by atoms with Crippen LogP contribution in [0.2, 0.25) is 0 Å². The number of carbonyl (C=O) groups excluding carboxylic acids is 1. The molecule has 0 aromatic heterocycles. The Balaban J connectivity index is 0. The van der Waals surface area contributed by atoms with Crippen LogP contribution >= 0.6 is 0 Å². The van der Waals surface area contributed by atoms with Gasteiger partial charge in [-0.2, -0.15) is 0 Å². The molecule has 3 heteroatoms. The van der Waals surface area contributed by atoms with Gasteiger partial charge >= 0.3 is 0 Å². The molecule has 0 atom stereocenters. The summed E-state index contributed by atoms with van der Waals surface area (Å²) in [6.07, 6.45) is 7.43. The first-order valence-electron chi connectivity index (χ1n) is 5.84. The summed E-state index contributed by atoms with van der Waals surface area (Å²) in [5.41, 5.74) is 5.31. The van der Waals surface area contributed by atoms with Crippen LogP contribution in [0.3, 0.4) is 0 Å². The smallest absolute Gasteiger partial charge is 0.139 e. The Labute approximate surface area is 94.4 Å². The van der Waals surface area contributed by atoms with Gasteiger partial charge in [-0.25, -0.2) is 0 Å². The van der Waals surface area contributed by atoms with Crippen LogP contribution in [0.25, 0.3) is 0 Å². The van der Waals surface area contributed by atoms with E-state index in [9.17, 15) is 4.79 Å². The van der Waals surface area contributed by atoms with Crippen molar-refractivity contribution in [3.05, 3.63) is 0 Å². The molecule has 92 valence electrons. The molecule has 0 aromatic carbocycles. The van der Waals surface area contributed by atoms with Crippen molar-refractivity contribution in [2.45, 2.75) is 57.9 Å². The normalized spacial score (nSPS) is 18.5. The van der Waals surface area contributed by atoms with Crippen molar-refractivity contribution in [3.63, 3.8) is 0 Å². The zero-order valence-electron chi connectivity index (χ0n) is 10.7. The summed E-state index contributed by atoms with van der Waals surface area (Å²) in [6.45, 7) is 4.00. The van der Waals surface area contributed by atoms with Gasteiger partial charge in [0.1, 0.15) is 6.29 Å². The lowest BCUT2D eigenvalue weighted by atomic mass is 9.94. The van der Waals surface area contributed by atoms with Gasteiger partial charge in [-0.3, -0.25) is 0 Å². The molecule has 3 nitrogen and oxygen atoms in total. The van der Waals surface area contributed by atoms with Gasteiger partial charge < -0.3 is 15.3 Å². The summed E-state index contributed by atoms with van der Waals surface area (Å²) in [5.74, 6) is 0. The summed E-state index contributed by atoms with van der Waals surface area (Å²) in [5, 5.41) is 0. The molecule has 2 N–H and O–H groups in total. The summed E-state index contributed by atoms with van der Waals surface area (Å²) in [7, 11) is 3.25. The standard InChI is InChI=1S/C8H15NO.C2H6O.C2H6/c9-8(7-10)5-3-1-2-4-6-8;1-3-2;1-2/h7H,1-6,9H2;1-2H3;1-2H3. The van der Waals surface area contributed by atoms with Crippen LogP contribution in [0, 0.1) is 0 Å². The van der Waals surface area contributed by atoms with Crippen LogP contribution in [0.5, 0.6) is 0 Å². The quantitative estimate of drug-likeness (QED) is 0.542. The number of hydrogen-bond acceptors (Lipinski definition) is 3. The number of nitrogens with two attached hydrogens (primary N) is 1. The molecule has 0 aliphatic heterocycles. The minimum atomic E-state index is -0.476. The third kappa shape index (κ3) is 9.88. The van der Waals surface area contributed by atoms with Gasteiger partial charge in [-0.15, -0.1) is 0 Å². The fourth-order valence-corrected chi connectivity index (χ4v) is 1.50. The molecular formula is C12H27NO2. The third-order valence-corrected chi connectivity index (χ3v) is 2.27. The number of carbonyl (C=O) groups is 1. The number of aldehydes is 1. The SMILES string of the molecule is CC.COC.NC1(C=O)CCCCCC1. The van der Waals surface area contributed by atoms with E-state index in [4.69, 9.17) is 5.73 Å². The number of methoxy groups -OCH3 is 1. The summed E-state index contributed by atoms with van der Waals surface area (Å²) in [4.78, 5) is 10.5. The predicted octanol–water partition coefficient (Wildman–Crippen LogP) is 2.53. The molecular weight excluding hydrogens is 190 g/mol. The van der Waals surface area contributed by atoms with Crippen LogP contribution in [0.1, 0.15) is 52.4 Å². The van der Waals surface area contributed by atoms with E-state index in [2.05, 4.69) is 4.74 Å². The second-order valence-corrected chi connectivity index (χ2v) is 3.67. The van der Waals surface area contributed by atoms with Gasteiger partial charge in [0.05, 0.1) is 5.54 Å². The van der Waals surface area contributed by atoms with Crippen molar-refractivity contribution in [3.8, 4) is 0 Å². The molecule has 0 amide bonds. The highest BCUT2D eigenvalue weighted by molar-refractivity contribution is 5.63. The molecule has 1 saturated carbocycles. The summed E-state index contributed by atoms with van der Waals surface area (Å²) >= 11 is 0. The first-order chi connectivity index (χ1) is 7.18. The van der Waals surface area contributed by atoms with Crippen molar-refractivity contribution in [1.82, 2.24) is 0 Å². The summed E-state index contributed by atoms with van der Waals surface area (Å²) < 4.78 is 4.25. The maximum Gasteiger partial charge on any atom is 0.139 e. The van der Waals surface area contributed by atoms with Crippen LogP contribution < -0.4 is 5.73 Å². The Morgan fingerprint density at radius 1 is 1.07 bits per heavy atom. The van der Waals surface area contributed by atoms with Gasteiger partial charge in [0.25, 0.3) is 0 Å². The number of hydrogen-bond donors (Lipinski definition) is 1. The highest BCUT2D eigenvalue weighted by Gasteiger charge is 2.24. The van der Waals surface area contributed by atoms with Crippen molar-refractivity contribution in [2.24, 2.45) is 5.73 Å². The molecule has 1 aliphatic carbocycles. The van der Waals surface area contributed by atoms with E-state index in [1.54, 1.807) is 14.2 Å². The van der Waals surface area contributed by atoms with Gasteiger partial charge in [0, 0.05) is 14.2 Å². The topological polar surface area (TPSA) is 52.3 Å². The Morgan fingerprint density at radius 3 is 1.67 bits per heavy atom. The molecule has 0 radical (unpaired) electrons. The number of rotatable bonds is 1. The van der Waals surface area contributed by atoms with Gasteiger partial charge in [0.15, 0.2) is 0 Å². The molecule has 0 unspecified atom stereocenters. The number of ether oxygens (including phenoxy) is 1. The van der Waals surface area contributed by atoms with Gasteiger partial charge in [-0.1, -0.05) is 39.5 Å². The zero-order valence-corrected chi connectivity index (χ0v) is 10.7. The van der Waals surface area contributed by atoms with E-state index >= 15 is 0 Å². The van der Waals surface area contributed by atoms with E-state index in [0.717, 1.165) is 32.0 Å². The van der Waals surface area contributed by atoms with Crippen molar-refractivity contribution < 1.29 is 9.53 Å². The first kappa shape index (κ1) is 17.0. The molecule has 1 aliphatic rings. The lowest BCUT2D eigenvalue weighted by molar-refractivity contribution is -0.112. The average Bonchev–Trinajstić information content (AvgIpc) is 2.48. The highest BCUT2D eigenvalue weighted by atomic mass is 16.4. The lowest BCUT2D eigenvalue weighted by Crippen LogP contribution is -2.40. The van der Waals surface area contributed by atoms with Crippen molar-refractivity contribution in [2.75, 3.05) is 14.2 Å². The lowest BCUT2D eigenvalue weighted by Gasteiger charge is -2.19. The Kier molecular flexibility index (Phi) is 13.2. The van der Waals surface area contributed by atoms with E-state index in [-0.39, 0.29) is 0 Å². The molecule has 0 bridgehead atoms. The second-order valence-electron chi connectivity index (χ2n) is 3.67. The van der Waals surface area contributed by atoms with Gasteiger partial charge in [0.2, 0.25) is 0 Å². The van der Waals surface area contributed by atoms with Crippen LogP contribution in [0.4, 0.5) is 0 Å². The first-order valence-corrected chi connectivity index (χ1v) is 5.84. The maximum atomic E-state index is 10.5. The van der Waals surface area contributed by atoms with Crippen molar-refractivity contribution >= 4 is 6.29 Å². The fourth-order valence-electron chi connectivity index (χ4n) is 1.50. The monoisotopic (exact) mass is 217 g/mol. The molecule has 1 fully saturated rings. The summed E-state index contributed by atoms with van der Waals surface area (Å²) in [6, 6.07) is 0. The Hall–Kier alpha value is -0.410. The highest BCUT2D eigenvalue weighted by Crippen LogP contribution is 2.22. The molecule has 0 heterocycles. The average molecular weight is 217 g/mol. The molecule has 0 saturated heterocycles. The minimum Gasteiger partial charge on any atom is -0.388 e. The van der Waals surface area contributed by atoms with E-state index in [1.807, 2.05) is 13.8 Å². The Morgan fingerprint density at radius 2 is 1.40 bits per heavy atom. The largest absolute Gasteiger partial charge is 0.388 e. The van der Waals surface area contributed by atoms with E-state index < -0.39 is 5.54 Å².